The van der Waals surface area contributed by atoms with Gasteiger partial charge in [0.1, 0.15) is 5.84 Å². The zero-order valence-electron chi connectivity index (χ0n) is 10.5. The first kappa shape index (κ1) is 13.4. The highest BCUT2D eigenvalue weighted by Crippen LogP contribution is 2.21. The molecule has 0 radical (unpaired) electrons. The van der Waals surface area contributed by atoms with E-state index in [0.717, 1.165) is 19.4 Å². The summed E-state index contributed by atoms with van der Waals surface area (Å²) >= 11 is 0. The van der Waals surface area contributed by atoms with E-state index in [1.807, 2.05) is 0 Å². The molecule has 0 aliphatic carbocycles. The molecule has 0 saturated carbocycles. The first-order valence-electron chi connectivity index (χ1n) is 6.18. The van der Waals surface area contributed by atoms with Crippen LogP contribution in [0.4, 0.5) is 0 Å². The number of carbonyl (C=O) groups is 2. The summed E-state index contributed by atoms with van der Waals surface area (Å²) in [6.07, 6.45) is 3.09. The number of ketones is 1. The second kappa shape index (κ2) is 5.31. The predicted molar refractivity (Wildman–Crippen MR) is 71.0 cm³/mol. The number of nitrogens with one attached hydrogen (secondary N) is 2. The van der Waals surface area contributed by atoms with Crippen molar-refractivity contribution in [2.75, 3.05) is 13.1 Å². The van der Waals surface area contributed by atoms with Crippen LogP contribution in [0.15, 0.2) is 16.6 Å². The van der Waals surface area contributed by atoms with E-state index in [4.69, 9.17) is 16.9 Å². The molecule has 2 heterocycles. The molecular formula is C12H17N5O2. The van der Waals surface area contributed by atoms with E-state index < -0.39 is 11.8 Å². The first-order valence-corrected chi connectivity index (χ1v) is 6.18. The number of dihydropyridines is 1. The van der Waals surface area contributed by atoms with E-state index in [1.54, 1.807) is 0 Å². The molecule has 2 aliphatic rings. The standard InChI is InChI=1S/C12H17N5O2/c13-11(14)9-4-6(7(5-17-9)12(15)19)10(18)8-2-1-3-16-8/h4,7-8,16H,1-3,5H2,(H3,13,14)(H2,15,19)/t7?,8-/m0/s1. The number of aliphatic imine (C=N–C) groups is 1. The van der Waals surface area contributed by atoms with Gasteiger partial charge >= 0.3 is 0 Å². The van der Waals surface area contributed by atoms with Crippen molar-refractivity contribution < 1.29 is 9.59 Å². The number of hydrogen-bond donors (Lipinski definition) is 4. The minimum atomic E-state index is -0.724. The van der Waals surface area contributed by atoms with Crippen molar-refractivity contribution in [3.05, 3.63) is 11.6 Å². The molecule has 6 N–H and O–H groups in total. The summed E-state index contributed by atoms with van der Waals surface area (Å²) in [5.74, 6) is -1.66. The van der Waals surface area contributed by atoms with Crippen LogP contribution in [0.3, 0.4) is 0 Å². The van der Waals surface area contributed by atoms with E-state index in [0.29, 0.717) is 5.57 Å². The number of carbonyl (C=O) groups excluding carboxylic acids is 2. The SMILES string of the molecule is N=C(N)C1=NCC(C(N)=O)C(C(=O)[C@@H]2CCCN2)=C1. The second-order valence-corrected chi connectivity index (χ2v) is 4.71. The van der Waals surface area contributed by atoms with Crippen LogP contribution >= 0.6 is 0 Å². The largest absolute Gasteiger partial charge is 0.382 e. The Morgan fingerprint density at radius 2 is 2.16 bits per heavy atom. The molecule has 7 heteroatoms. The lowest BCUT2D eigenvalue weighted by molar-refractivity contribution is -0.124. The summed E-state index contributed by atoms with van der Waals surface area (Å²) in [5, 5.41) is 10.5. The van der Waals surface area contributed by atoms with Crippen molar-refractivity contribution in [1.82, 2.24) is 5.32 Å². The van der Waals surface area contributed by atoms with Gasteiger partial charge in [0.15, 0.2) is 5.78 Å². The van der Waals surface area contributed by atoms with Gasteiger partial charge in [0.25, 0.3) is 0 Å². The van der Waals surface area contributed by atoms with Crippen molar-refractivity contribution in [3.63, 3.8) is 0 Å². The maximum Gasteiger partial charge on any atom is 0.226 e. The van der Waals surface area contributed by atoms with Crippen LogP contribution in [0, 0.1) is 11.3 Å². The van der Waals surface area contributed by atoms with Gasteiger partial charge < -0.3 is 16.8 Å². The Balaban J connectivity index is 2.29. The number of primary amides is 1. The summed E-state index contributed by atoms with van der Waals surface area (Å²) in [4.78, 5) is 27.8. The third kappa shape index (κ3) is 2.70. The highest BCUT2D eigenvalue weighted by molar-refractivity contribution is 6.45. The quantitative estimate of drug-likeness (QED) is 0.371. The highest BCUT2D eigenvalue weighted by Gasteiger charge is 2.34. The van der Waals surface area contributed by atoms with Crippen molar-refractivity contribution in [3.8, 4) is 0 Å². The van der Waals surface area contributed by atoms with E-state index in [-0.39, 0.29) is 29.9 Å². The molecule has 1 saturated heterocycles. The normalized spacial score (nSPS) is 26.5. The highest BCUT2D eigenvalue weighted by atomic mass is 16.1. The predicted octanol–water partition coefficient (Wildman–Crippen LogP) is -1.27. The maximum absolute atomic E-state index is 12.4. The molecule has 19 heavy (non-hydrogen) atoms. The van der Waals surface area contributed by atoms with Gasteiger partial charge in [-0.25, -0.2) is 0 Å². The second-order valence-electron chi connectivity index (χ2n) is 4.71. The molecule has 0 spiro atoms. The molecule has 1 amide bonds. The van der Waals surface area contributed by atoms with Crippen LogP contribution in [-0.2, 0) is 9.59 Å². The van der Waals surface area contributed by atoms with Crippen molar-refractivity contribution in [2.45, 2.75) is 18.9 Å². The van der Waals surface area contributed by atoms with Crippen LogP contribution in [0.5, 0.6) is 0 Å². The van der Waals surface area contributed by atoms with E-state index in [2.05, 4.69) is 10.3 Å². The summed E-state index contributed by atoms with van der Waals surface area (Å²) in [5.41, 5.74) is 11.2. The molecule has 0 aromatic heterocycles. The number of rotatable bonds is 4. The Bertz CT molecular complexity index is 488. The van der Waals surface area contributed by atoms with Gasteiger partial charge in [-0.05, 0) is 25.5 Å². The van der Waals surface area contributed by atoms with Gasteiger partial charge in [0.05, 0.1) is 24.2 Å². The molecular weight excluding hydrogens is 246 g/mol. The van der Waals surface area contributed by atoms with Crippen LogP contribution in [0.25, 0.3) is 0 Å². The minimum absolute atomic E-state index is 0.0779. The van der Waals surface area contributed by atoms with Gasteiger partial charge in [-0.15, -0.1) is 0 Å². The number of amidine groups is 1. The monoisotopic (exact) mass is 263 g/mol. The lowest BCUT2D eigenvalue weighted by Gasteiger charge is -2.21. The molecule has 2 atom stereocenters. The van der Waals surface area contributed by atoms with Gasteiger partial charge in [0, 0.05) is 5.57 Å². The lowest BCUT2D eigenvalue weighted by atomic mass is 9.87. The van der Waals surface area contributed by atoms with Crippen LogP contribution in [0.1, 0.15) is 12.8 Å². The van der Waals surface area contributed by atoms with Gasteiger partial charge in [-0.3, -0.25) is 20.0 Å². The van der Waals surface area contributed by atoms with Crippen molar-refractivity contribution in [1.29, 1.82) is 5.41 Å². The van der Waals surface area contributed by atoms with Crippen LogP contribution in [-0.4, -0.2) is 42.4 Å². The zero-order valence-corrected chi connectivity index (χ0v) is 10.5. The van der Waals surface area contributed by atoms with Crippen LogP contribution in [0.2, 0.25) is 0 Å². The zero-order chi connectivity index (χ0) is 14.0. The number of nitrogens with two attached hydrogens (primary N) is 2. The number of nitrogens with zero attached hydrogens (tertiary/aromatic N) is 1. The number of amides is 1. The fourth-order valence-electron chi connectivity index (χ4n) is 2.34. The Labute approximate surface area is 110 Å². The molecule has 2 aliphatic heterocycles. The molecule has 102 valence electrons. The molecule has 2 rings (SSSR count). The summed E-state index contributed by atoms with van der Waals surface area (Å²) in [7, 11) is 0. The van der Waals surface area contributed by atoms with Gasteiger partial charge in [0.2, 0.25) is 5.91 Å². The Kier molecular flexibility index (Phi) is 3.75. The third-order valence-electron chi connectivity index (χ3n) is 3.39. The smallest absolute Gasteiger partial charge is 0.226 e. The van der Waals surface area contributed by atoms with E-state index in [1.165, 1.54) is 6.08 Å². The van der Waals surface area contributed by atoms with Crippen LogP contribution < -0.4 is 16.8 Å². The molecule has 1 fully saturated rings. The van der Waals surface area contributed by atoms with Gasteiger partial charge in [-0.1, -0.05) is 0 Å². The Morgan fingerprint density at radius 3 is 2.68 bits per heavy atom. The summed E-state index contributed by atoms with van der Waals surface area (Å²) in [6, 6.07) is -0.278. The molecule has 0 bridgehead atoms. The average molecular weight is 263 g/mol. The fourth-order valence-corrected chi connectivity index (χ4v) is 2.34. The average Bonchev–Trinajstić information content (AvgIpc) is 2.90. The molecule has 0 aromatic carbocycles. The maximum atomic E-state index is 12.4. The third-order valence-corrected chi connectivity index (χ3v) is 3.39. The van der Waals surface area contributed by atoms with E-state index in [9.17, 15) is 9.59 Å². The van der Waals surface area contributed by atoms with Crippen molar-refractivity contribution >= 4 is 23.2 Å². The number of hydrogen-bond acceptors (Lipinski definition) is 5. The summed E-state index contributed by atoms with van der Waals surface area (Å²) < 4.78 is 0. The first-order chi connectivity index (χ1) is 9.00. The van der Waals surface area contributed by atoms with Gasteiger partial charge in [-0.2, -0.15) is 0 Å². The molecule has 0 aromatic rings. The summed E-state index contributed by atoms with van der Waals surface area (Å²) in [6.45, 7) is 0.868. The molecule has 7 nitrogen and oxygen atoms in total. The fraction of sp³-hybridized carbons (Fsp3) is 0.500. The Morgan fingerprint density at radius 1 is 1.42 bits per heavy atom. The lowest BCUT2D eigenvalue weighted by Crippen LogP contribution is -2.40. The topological polar surface area (TPSA) is 134 Å². The minimum Gasteiger partial charge on any atom is -0.382 e. The van der Waals surface area contributed by atoms with E-state index >= 15 is 0 Å². The Hall–Kier alpha value is -2.02. The van der Waals surface area contributed by atoms with Crippen molar-refractivity contribution in [2.24, 2.45) is 22.4 Å². The number of Topliss-reactive ketones (excluding diaryl/α,β-unsaturated/α-hetero) is 1. The molecule has 1 unspecified atom stereocenters.